The summed E-state index contributed by atoms with van der Waals surface area (Å²) in [5.74, 6) is -0.584. The molecular weight excluding hydrogens is 266 g/mol. The second kappa shape index (κ2) is 5.19. The van der Waals surface area contributed by atoms with Crippen molar-refractivity contribution in [3.8, 4) is 10.4 Å². The van der Waals surface area contributed by atoms with Gasteiger partial charge in [0.15, 0.2) is 0 Å². The molecule has 0 amide bonds. The van der Waals surface area contributed by atoms with E-state index < -0.39 is 10.9 Å². The highest BCUT2D eigenvalue weighted by Crippen LogP contribution is 2.32. The molecule has 0 bridgehead atoms. The van der Waals surface area contributed by atoms with Gasteiger partial charge in [0.1, 0.15) is 0 Å². The Kier molecular flexibility index (Phi) is 3.62. The number of nitrogens with zero attached hydrogens (tertiary/aromatic N) is 1. The Morgan fingerprint density at radius 1 is 1.37 bits per heavy atom. The molecule has 0 N–H and O–H groups in total. The van der Waals surface area contributed by atoms with Crippen molar-refractivity contribution in [2.24, 2.45) is 0 Å². The Morgan fingerprint density at radius 3 is 2.63 bits per heavy atom. The van der Waals surface area contributed by atoms with Crippen LogP contribution in [0.3, 0.4) is 0 Å². The minimum absolute atomic E-state index is 0.120. The van der Waals surface area contributed by atoms with Crippen molar-refractivity contribution in [1.82, 2.24) is 0 Å². The van der Waals surface area contributed by atoms with Gasteiger partial charge in [-0.1, -0.05) is 0 Å². The quantitative estimate of drug-likeness (QED) is 0.489. The lowest BCUT2D eigenvalue weighted by molar-refractivity contribution is -0.384. The lowest BCUT2D eigenvalue weighted by Gasteiger charge is -2.04. The summed E-state index contributed by atoms with van der Waals surface area (Å²) in [7, 11) is 1.25. The Hall–Kier alpha value is -2.21. The minimum Gasteiger partial charge on any atom is -0.465 e. The van der Waals surface area contributed by atoms with Crippen molar-refractivity contribution in [2.45, 2.75) is 6.92 Å². The molecule has 0 aliphatic carbocycles. The third-order valence-corrected chi connectivity index (χ3v) is 3.74. The Bertz CT molecular complexity index is 648. The van der Waals surface area contributed by atoms with Gasteiger partial charge in [0.05, 0.1) is 17.6 Å². The van der Waals surface area contributed by atoms with Crippen molar-refractivity contribution in [3.63, 3.8) is 0 Å². The number of carbonyl (C=O) groups excluding carboxylic acids is 1. The molecule has 2 rings (SSSR count). The number of aryl methyl sites for hydroxylation is 1. The van der Waals surface area contributed by atoms with Crippen LogP contribution in [0, 0.1) is 17.0 Å². The number of methoxy groups -OCH3 is 1. The first-order chi connectivity index (χ1) is 9.02. The number of nitro groups is 1. The monoisotopic (exact) mass is 277 g/mol. The summed E-state index contributed by atoms with van der Waals surface area (Å²) < 4.78 is 4.62. The van der Waals surface area contributed by atoms with E-state index in [2.05, 4.69) is 4.74 Å². The van der Waals surface area contributed by atoms with Gasteiger partial charge in [-0.3, -0.25) is 10.1 Å². The fraction of sp³-hybridized carbons (Fsp3) is 0.154. The average molecular weight is 277 g/mol. The van der Waals surface area contributed by atoms with E-state index >= 15 is 0 Å². The van der Waals surface area contributed by atoms with Crippen LogP contribution < -0.4 is 0 Å². The van der Waals surface area contributed by atoms with Gasteiger partial charge in [0, 0.05) is 17.0 Å². The highest BCUT2D eigenvalue weighted by Gasteiger charge is 2.16. The molecule has 0 atom stereocenters. The van der Waals surface area contributed by atoms with E-state index in [4.69, 9.17) is 0 Å². The molecule has 19 heavy (non-hydrogen) atoms. The summed E-state index contributed by atoms with van der Waals surface area (Å²) in [5, 5.41) is 12.8. The van der Waals surface area contributed by atoms with Gasteiger partial charge in [0.25, 0.3) is 5.69 Å². The van der Waals surface area contributed by atoms with Crippen molar-refractivity contribution in [2.75, 3.05) is 7.11 Å². The van der Waals surface area contributed by atoms with Crippen molar-refractivity contribution >= 4 is 23.0 Å². The van der Waals surface area contributed by atoms with Gasteiger partial charge in [-0.2, -0.15) is 0 Å². The number of rotatable bonds is 3. The van der Waals surface area contributed by atoms with E-state index in [0.29, 0.717) is 5.56 Å². The van der Waals surface area contributed by atoms with Gasteiger partial charge in [-0.15, -0.1) is 11.3 Å². The summed E-state index contributed by atoms with van der Waals surface area (Å²) in [4.78, 5) is 22.9. The van der Waals surface area contributed by atoms with E-state index in [1.54, 1.807) is 6.07 Å². The molecule has 0 fully saturated rings. The lowest BCUT2D eigenvalue weighted by atomic mass is 10.1. The molecule has 5 nitrogen and oxygen atoms in total. The maximum absolute atomic E-state index is 11.6. The van der Waals surface area contributed by atoms with Crippen LogP contribution in [0.5, 0.6) is 0 Å². The summed E-state index contributed by atoms with van der Waals surface area (Å²) in [6.07, 6.45) is 0. The Labute approximate surface area is 113 Å². The minimum atomic E-state index is -0.584. The SMILES string of the molecule is COC(=O)c1cc(-c2sccc2C)cc([N+](=O)[O-])c1. The molecule has 0 radical (unpaired) electrons. The first-order valence-corrected chi connectivity index (χ1v) is 6.33. The van der Waals surface area contributed by atoms with E-state index in [9.17, 15) is 14.9 Å². The third kappa shape index (κ3) is 2.63. The first kappa shape index (κ1) is 13.2. The van der Waals surface area contributed by atoms with Crippen LogP contribution >= 0.6 is 11.3 Å². The topological polar surface area (TPSA) is 69.4 Å². The number of hydrogen-bond donors (Lipinski definition) is 0. The number of esters is 1. The van der Waals surface area contributed by atoms with Gasteiger partial charge >= 0.3 is 5.97 Å². The molecule has 0 aliphatic rings. The normalized spacial score (nSPS) is 10.2. The van der Waals surface area contributed by atoms with Crippen LogP contribution in [0.25, 0.3) is 10.4 Å². The molecule has 1 aromatic carbocycles. The molecule has 98 valence electrons. The second-order valence-corrected chi connectivity index (χ2v) is 4.87. The first-order valence-electron chi connectivity index (χ1n) is 5.45. The smallest absolute Gasteiger partial charge is 0.338 e. The number of ether oxygens (including phenoxy) is 1. The highest BCUT2D eigenvalue weighted by atomic mass is 32.1. The highest BCUT2D eigenvalue weighted by molar-refractivity contribution is 7.13. The summed E-state index contributed by atoms with van der Waals surface area (Å²) in [6.45, 7) is 1.92. The number of thiophene rings is 1. The second-order valence-electron chi connectivity index (χ2n) is 3.95. The van der Waals surface area contributed by atoms with E-state index in [1.165, 1.54) is 30.6 Å². The largest absolute Gasteiger partial charge is 0.465 e. The molecule has 1 aromatic heterocycles. The zero-order chi connectivity index (χ0) is 14.0. The number of non-ortho nitro benzene ring substituents is 1. The Morgan fingerprint density at radius 2 is 2.11 bits per heavy atom. The predicted octanol–water partition coefficient (Wildman–Crippen LogP) is 3.42. The molecule has 0 aliphatic heterocycles. The van der Waals surface area contributed by atoms with Crippen LogP contribution in [-0.4, -0.2) is 18.0 Å². The van der Waals surface area contributed by atoms with Crippen molar-refractivity contribution in [1.29, 1.82) is 0 Å². The van der Waals surface area contributed by atoms with Crippen LogP contribution in [0.2, 0.25) is 0 Å². The molecule has 0 unspecified atom stereocenters. The molecular formula is C13H11NO4S. The average Bonchev–Trinajstić information content (AvgIpc) is 2.83. The van der Waals surface area contributed by atoms with Crippen LogP contribution in [0.4, 0.5) is 5.69 Å². The molecule has 0 spiro atoms. The molecule has 2 aromatic rings. The fourth-order valence-corrected chi connectivity index (χ4v) is 2.67. The van der Waals surface area contributed by atoms with Gasteiger partial charge < -0.3 is 4.74 Å². The lowest BCUT2D eigenvalue weighted by Crippen LogP contribution is -2.02. The van der Waals surface area contributed by atoms with Crippen molar-refractivity contribution < 1.29 is 14.5 Å². The zero-order valence-electron chi connectivity index (χ0n) is 10.4. The molecule has 0 saturated carbocycles. The maximum atomic E-state index is 11.6. The van der Waals surface area contributed by atoms with Crippen LogP contribution in [0.1, 0.15) is 15.9 Å². The number of carbonyl (C=O) groups is 1. The van der Waals surface area contributed by atoms with Gasteiger partial charge in [-0.25, -0.2) is 4.79 Å². The summed E-state index contributed by atoms with van der Waals surface area (Å²) in [5.41, 5.74) is 1.73. The number of hydrogen-bond acceptors (Lipinski definition) is 5. The van der Waals surface area contributed by atoms with Crippen molar-refractivity contribution in [3.05, 3.63) is 50.9 Å². The fourth-order valence-electron chi connectivity index (χ4n) is 1.75. The van der Waals surface area contributed by atoms with Crippen LogP contribution in [-0.2, 0) is 4.74 Å². The van der Waals surface area contributed by atoms with E-state index in [1.807, 2.05) is 18.4 Å². The Balaban J connectivity index is 2.61. The molecule has 0 saturated heterocycles. The predicted molar refractivity (Wildman–Crippen MR) is 72.5 cm³/mol. The standard InChI is InChI=1S/C13H11NO4S/c1-8-3-4-19-12(8)9-5-10(13(15)18-2)7-11(6-9)14(16)17/h3-7H,1-2H3. The molecule has 1 heterocycles. The number of benzene rings is 1. The van der Waals surface area contributed by atoms with Gasteiger partial charge in [0.2, 0.25) is 0 Å². The maximum Gasteiger partial charge on any atom is 0.338 e. The van der Waals surface area contributed by atoms with Gasteiger partial charge in [-0.05, 0) is 35.6 Å². The zero-order valence-corrected chi connectivity index (χ0v) is 11.2. The summed E-state index contributed by atoms with van der Waals surface area (Å²) >= 11 is 1.48. The third-order valence-electron chi connectivity index (χ3n) is 2.67. The van der Waals surface area contributed by atoms with E-state index in [-0.39, 0.29) is 11.3 Å². The molecule has 6 heteroatoms. The van der Waals surface area contributed by atoms with Crippen LogP contribution in [0.15, 0.2) is 29.6 Å². The van der Waals surface area contributed by atoms with E-state index in [0.717, 1.165) is 10.4 Å². The number of nitro benzene ring substituents is 1. The summed E-state index contributed by atoms with van der Waals surface area (Å²) in [6, 6.07) is 6.22.